The lowest BCUT2D eigenvalue weighted by atomic mass is 9.96. The average molecular weight is 245 g/mol. The largest absolute Gasteiger partial charge is 0.291 e. The van der Waals surface area contributed by atoms with Gasteiger partial charge in [-0.15, -0.1) is 0 Å². The van der Waals surface area contributed by atoms with Gasteiger partial charge >= 0.3 is 0 Å². The first-order valence-electron chi connectivity index (χ1n) is 4.86. The Bertz CT molecular complexity index is 370. The molecule has 1 aromatic carbocycles. The maximum atomic E-state index is 11.7. The van der Waals surface area contributed by atoms with Crippen LogP contribution in [0.5, 0.6) is 0 Å². The minimum absolute atomic E-state index is 0.224. The highest BCUT2D eigenvalue weighted by molar-refractivity contribution is 6.55. The standard InChI is InChI=1S/C12H14Cl2O/c1-7(2)9-5-4-8(3)10(6-9)11(15)12(13)14/h4-7,12H,1-3H3. The maximum Gasteiger partial charge on any atom is 0.195 e. The van der Waals surface area contributed by atoms with Crippen LogP contribution in [0.3, 0.4) is 0 Å². The molecule has 0 heterocycles. The summed E-state index contributed by atoms with van der Waals surface area (Å²) in [6.07, 6.45) is 0. The van der Waals surface area contributed by atoms with Crippen LogP contribution in [0.1, 0.15) is 41.3 Å². The molecule has 0 aliphatic carbocycles. The molecule has 0 aliphatic heterocycles. The van der Waals surface area contributed by atoms with Gasteiger partial charge in [0.1, 0.15) is 0 Å². The Kier molecular flexibility index (Phi) is 4.18. The van der Waals surface area contributed by atoms with Crippen LogP contribution < -0.4 is 0 Å². The van der Waals surface area contributed by atoms with E-state index in [2.05, 4.69) is 13.8 Å². The maximum absolute atomic E-state index is 11.7. The zero-order valence-corrected chi connectivity index (χ0v) is 10.6. The van der Waals surface area contributed by atoms with Gasteiger partial charge in [0.05, 0.1) is 0 Å². The molecule has 0 radical (unpaired) electrons. The summed E-state index contributed by atoms with van der Waals surface area (Å²) in [4.78, 5) is 10.7. The van der Waals surface area contributed by atoms with Crippen LogP contribution in [-0.2, 0) is 0 Å². The predicted octanol–water partition coefficient (Wildman–Crippen LogP) is 4.10. The molecule has 0 fully saturated rings. The van der Waals surface area contributed by atoms with Gasteiger partial charge in [-0.2, -0.15) is 0 Å². The minimum Gasteiger partial charge on any atom is -0.291 e. The van der Waals surface area contributed by atoms with E-state index in [0.717, 1.165) is 11.1 Å². The van der Waals surface area contributed by atoms with Crippen LogP contribution in [-0.4, -0.2) is 10.6 Å². The van der Waals surface area contributed by atoms with Crippen molar-refractivity contribution in [2.45, 2.75) is 31.5 Å². The molecule has 0 unspecified atom stereocenters. The molecule has 0 saturated heterocycles. The van der Waals surface area contributed by atoms with Crippen molar-refractivity contribution in [2.24, 2.45) is 0 Å². The van der Waals surface area contributed by atoms with Crippen LogP contribution in [0.4, 0.5) is 0 Å². The number of carbonyl (C=O) groups is 1. The fourth-order valence-corrected chi connectivity index (χ4v) is 1.62. The molecule has 1 aromatic rings. The first-order valence-corrected chi connectivity index (χ1v) is 5.73. The van der Waals surface area contributed by atoms with Gasteiger partial charge in [-0.3, -0.25) is 4.79 Å². The molecular formula is C12H14Cl2O. The highest BCUT2D eigenvalue weighted by Crippen LogP contribution is 2.21. The summed E-state index contributed by atoms with van der Waals surface area (Å²) >= 11 is 11.2. The molecule has 0 saturated carbocycles. The summed E-state index contributed by atoms with van der Waals surface area (Å²) in [6, 6.07) is 5.83. The molecular weight excluding hydrogens is 231 g/mol. The number of halogens is 2. The zero-order valence-electron chi connectivity index (χ0n) is 9.05. The minimum atomic E-state index is -0.980. The molecule has 0 amide bonds. The van der Waals surface area contributed by atoms with E-state index >= 15 is 0 Å². The number of hydrogen-bond acceptors (Lipinski definition) is 1. The summed E-state index contributed by atoms with van der Waals surface area (Å²) in [6.45, 7) is 6.04. The Hall–Kier alpha value is -0.530. The van der Waals surface area contributed by atoms with Crippen molar-refractivity contribution < 1.29 is 4.79 Å². The summed E-state index contributed by atoms with van der Waals surface area (Å²) in [5.41, 5.74) is 2.66. The van der Waals surface area contributed by atoms with Crippen molar-refractivity contribution in [2.75, 3.05) is 0 Å². The summed E-state index contributed by atoms with van der Waals surface area (Å²) in [5.74, 6) is 0.166. The lowest BCUT2D eigenvalue weighted by molar-refractivity contribution is 0.101. The predicted molar refractivity (Wildman–Crippen MR) is 65.1 cm³/mol. The van der Waals surface area contributed by atoms with E-state index in [1.165, 1.54) is 0 Å². The Balaban J connectivity index is 3.16. The van der Waals surface area contributed by atoms with Gasteiger partial charge in [0, 0.05) is 5.56 Å². The average Bonchev–Trinajstić information content (AvgIpc) is 2.16. The summed E-state index contributed by atoms with van der Waals surface area (Å²) in [7, 11) is 0. The number of alkyl halides is 2. The number of Topliss-reactive ketones (excluding diaryl/α,β-unsaturated/α-hetero) is 1. The van der Waals surface area contributed by atoms with E-state index in [-0.39, 0.29) is 5.78 Å². The quantitative estimate of drug-likeness (QED) is 0.578. The second-order valence-corrected chi connectivity index (χ2v) is 4.99. The number of benzene rings is 1. The monoisotopic (exact) mass is 244 g/mol. The molecule has 82 valence electrons. The molecule has 0 atom stereocenters. The third kappa shape index (κ3) is 2.96. The van der Waals surface area contributed by atoms with Crippen LogP contribution in [0.25, 0.3) is 0 Å². The van der Waals surface area contributed by atoms with Crippen molar-refractivity contribution in [1.82, 2.24) is 0 Å². The summed E-state index contributed by atoms with van der Waals surface area (Å²) < 4.78 is 0. The smallest absolute Gasteiger partial charge is 0.195 e. The topological polar surface area (TPSA) is 17.1 Å². The lowest BCUT2D eigenvalue weighted by Gasteiger charge is -2.10. The number of aryl methyl sites for hydroxylation is 1. The van der Waals surface area contributed by atoms with E-state index in [0.29, 0.717) is 11.5 Å². The van der Waals surface area contributed by atoms with Gasteiger partial charge < -0.3 is 0 Å². The third-order valence-corrected chi connectivity index (χ3v) is 2.79. The highest BCUT2D eigenvalue weighted by Gasteiger charge is 2.17. The van der Waals surface area contributed by atoms with Crippen LogP contribution in [0.15, 0.2) is 18.2 Å². The van der Waals surface area contributed by atoms with Crippen molar-refractivity contribution in [3.8, 4) is 0 Å². The molecule has 3 heteroatoms. The van der Waals surface area contributed by atoms with Crippen molar-refractivity contribution in [3.05, 3.63) is 34.9 Å². The van der Waals surface area contributed by atoms with E-state index < -0.39 is 4.84 Å². The lowest BCUT2D eigenvalue weighted by Crippen LogP contribution is -2.10. The van der Waals surface area contributed by atoms with Gasteiger partial charge in [0.15, 0.2) is 10.6 Å². The second kappa shape index (κ2) is 5.00. The third-order valence-electron chi connectivity index (χ3n) is 2.39. The molecule has 0 bridgehead atoms. The molecule has 0 spiro atoms. The molecule has 0 aromatic heterocycles. The van der Waals surface area contributed by atoms with Gasteiger partial charge in [0.2, 0.25) is 0 Å². The Morgan fingerprint density at radius 2 is 1.87 bits per heavy atom. The number of carbonyl (C=O) groups excluding carboxylic acids is 1. The van der Waals surface area contributed by atoms with Gasteiger partial charge in [-0.25, -0.2) is 0 Å². The Morgan fingerprint density at radius 3 is 2.33 bits per heavy atom. The fraction of sp³-hybridized carbons (Fsp3) is 0.417. The number of rotatable bonds is 3. The normalized spacial score (nSPS) is 11.1. The molecule has 1 nitrogen and oxygen atoms in total. The van der Waals surface area contributed by atoms with Crippen molar-refractivity contribution in [1.29, 1.82) is 0 Å². The zero-order chi connectivity index (χ0) is 11.6. The van der Waals surface area contributed by atoms with Crippen LogP contribution in [0, 0.1) is 6.92 Å². The molecule has 1 rings (SSSR count). The number of hydrogen-bond donors (Lipinski definition) is 0. The highest BCUT2D eigenvalue weighted by atomic mass is 35.5. The van der Waals surface area contributed by atoms with E-state index in [1.54, 1.807) is 0 Å². The van der Waals surface area contributed by atoms with Gasteiger partial charge in [-0.05, 0) is 30.0 Å². The van der Waals surface area contributed by atoms with Crippen LogP contribution >= 0.6 is 23.2 Å². The second-order valence-electron chi connectivity index (χ2n) is 3.89. The fourth-order valence-electron chi connectivity index (χ4n) is 1.38. The molecule has 15 heavy (non-hydrogen) atoms. The van der Waals surface area contributed by atoms with Gasteiger partial charge in [-0.1, -0.05) is 49.2 Å². The Morgan fingerprint density at radius 1 is 1.27 bits per heavy atom. The first-order chi connectivity index (χ1) is 6.93. The summed E-state index contributed by atoms with van der Waals surface area (Å²) in [5, 5.41) is 0. The van der Waals surface area contributed by atoms with E-state index in [9.17, 15) is 4.79 Å². The molecule has 0 aliphatic rings. The van der Waals surface area contributed by atoms with Gasteiger partial charge in [0.25, 0.3) is 0 Å². The van der Waals surface area contributed by atoms with Crippen LogP contribution in [0.2, 0.25) is 0 Å². The van der Waals surface area contributed by atoms with E-state index in [1.807, 2.05) is 25.1 Å². The van der Waals surface area contributed by atoms with Crippen molar-refractivity contribution in [3.63, 3.8) is 0 Å². The Labute approximate surface area is 100 Å². The number of ketones is 1. The SMILES string of the molecule is Cc1ccc(C(C)C)cc1C(=O)C(Cl)Cl. The van der Waals surface area contributed by atoms with Crippen molar-refractivity contribution >= 4 is 29.0 Å². The van der Waals surface area contributed by atoms with E-state index in [4.69, 9.17) is 23.2 Å². The molecule has 0 N–H and O–H groups in total. The first kappa shape index (κ1) is 12.5.